The van der Waals surface area contributed by atoms with E-state index in [1.165, 1.54) is 36.8 Å². The summed E-state index contributed by atoms with van der Waals surface area (Å²) in [5.41, 5.74) is 4.63. The summed E-state index contributed by atoms with van der Waals surface area (Å²) in [4.78, 5) is 9.26. The molecule has 104 valence electrons. The van der Waals surface area contributed by atoms with Crippen LogP contribution in [0.5, 0.6) is 0 Å². The second-order valence-corrected chi connectivity index (χ2v) is 6.07. The van der Waals surface area contributed by atoms with Crippen LogP contribution in [0, 0.1) is 13.8 Å². The van der Waals surface area contributed by atoms with Crippen LogP contribution in [0.4, 0.5) is 0 Å². The molecule has 0 spiro atoms. The number of aryl methyl sites for hydroxylation is 2. The van der Waals surface area contributed by atoms with Gasteiger partial charge in [0.05, 0.1) is 0 Å². The van der Waals surface area contributed by atoms with Crippen molar-refractivity contribution in [2.75, 3.05) is 0 Å². The maximum absolute atomic E-state index is 6.23. The second kappa shape index (κ2) is 5.53. The van der Waals surface area contributed by atoms with Gasteiger partial charge in [-0.1, -0.05) is 42.6 Å². The molecule has 1 fully saturated rings. The first kappa shape index (κ1) is 13.6. The fraction of sp³-hybridized carbons (Fsp3) is 0.412. The van der Waals surface area contributed by atoms with Crippen LogP contribution in [0.3, 0.4) is 0 Å². The van der Waals surface area contributed by atoms with E-state index < -0.39 is 0 Å². The summed E-state index contributed by atoms with van der Waals surface area (Å²) in [5.74, 6) is 1.33. The van der Waals surface area contributed by atoms with Crippen LogP contribution in [-0.2, 0) is 0 Å². The molecule has 0 radical (unpaired) electrons. The minimum Gasteiger partial charge on any atom is -0.233 e. The van der Waals surface area contributed by atoms with Gasteiger partial charge in [0.2, 0.25) is 0 Å². The Bertz CT molecular complexity index is 611. The fourth-order valence-electron chi connectivity index (χ4n) is 3.14. The fourth-order valence-corrected chi connectivity index (χ4v) is 3.34. The highest BCUT2D eigenvalue weighted by atomic mass is 35.5. The van der Waals surface area contributed by atoms with E-state index in [1.54, 1.807) is 0 Å². The van der Waals surface area contributed by atoms with Gasteiger partial charge >= 0.3 is 0 Å². The van der Waals surface area contributed by atoms with E-state index in [9.17, 15) is 0 Å². The lowest BCUT2D eigenvalue weighted by Gasteiger charge is -2.13. The molecule has 3 rings (SSSR count). The molecule has 1 heterocycles. The highest BCUT2D eigenvalue weighted by molar-refractivity contribution is 6.29. The standard InChI is InChI=1S/C17H19ClN2/c1-11-6-5-7-12(2)16(11)17-19-14(10-15(18)20-17)13-8-3-4-9-13/h5-7,10,13H,3-4,8-9H2,1-2H3. The lowest BCUT2D eigenvalue weighted by Crippen LogP contribution is -2.02. The van der Waals surface area contributed by atoms with Crippen LogP contribution in [-0.4, -0.2) is 9.97 Å². The quantitative estimate of drug-likeness (QED) is 0.720. The van der Waals surface area contributed by atoms with E-state index in [0.717, 1.165) is 17.1 Å². The largest absolute Gasteiger partial charge is 0.233 e. The number of hydrogen-bond donors (Lipinski definition) is 0. The van der Waals surface area contributed by atoms with E-state index in [2.05, 4.69) is 37.0 Å². The summed E-state index contributed by atoms with van der Waals surface area (Å²) in [6, 6.07) is 8.20. The third-order valence-electron chi connectivity index (χ3n) is 4.19. The van der Waals surface area contributed by atoms with Crippen molar-refractivity contribution in [3.05, 3.63) is 46.2 Å². The van der Waals surface area contributed by atoms with Crippen LogP contribution in [0.25, 0.3) is 11.4 Å². The zero-order chi connectivity index (χ0) is 14.1. The predicted molar refractivity (Wildman–Crippen MR) is 83.2 cm³/mol. The third-order valence-corrected chi connectivity index (χ3v) is 4.39. The molecule has 3 heteroatoms. The van der Waals surface area contributed by atoms with Gasteiger partial charge in [-0.15, -0.1) is 0 Å². The SMILES string of the molecule is Cc1cccc(C)c1-c1nc(Cl)cc(C2CCCC2)n1. The molecule has 1 aromatic heterocycles. The summed E-state index contributed by atoms with van der Waals surface area (Å²) in [5, 5.41) is 0.555. The van der Waals surface area contributed by atoms with Gasteiger partial charge in [0.25, 0.3) is 0 Å². The highest BCUT2D eigenvalue weighted by Gasteiger charge is 2.20. The van der Waals surface area contributed by atoms with Crippen LogP contribution in [0.15, 0.2) is 24.3 Å². The molecule has 0 unspecified atom stereocenters. The van der Waals surface area contributed by atoms with E-state index in [4.69, 9.17) is 16.6 Å². The Morgan fingerprint density at radius 2 is 1.70 bits per heavy atom. The van der Waals surface area contributed by atoms with E-state index >= 15 is 0 Å². The Morgan fingerprint density at radius 3 is 2.35 bits per heavy atom. The Morgan fingerprint density at radius 1 is 1.05 bits per heavy atom. The number of aromatic nitrogens is 2. The molecule has 0 aliphatic heterocycles. The Labute approximate surface area is 125 Å². The van der Waals surface area contributed by atoms with Gasteiger partial charge in [0.1, 0.15) is 5.15 Å². The lowest BCUT2D eigenvalue weighted by molar-refractivity contribution is 0.695. The van der Waals surface area contributed by atoms with Gasteiger partial charge in [-0.25, -0.2) is 9.97 Å². The molecular weight excluding hydrogens is 268 g/mol. The Hall–Kier alpha value is -1.41. The van der Waals surface area contributed by atoms with E-state index in [0.29, 0.717) is 11.1 Å². The normalized spacial score (nSPS) is 15.8. The molecule has 1 aliphatic rings. The van der Waals surface area contributed by atoms with E-state index in [1.807, 2.05) is 6.07 Å². The molecule has 1 aliphatic carbocycles. The first-order valence-corrected chi connectivity index (χ1v) is 7.64. The number of benzene rings is 1. The molecule has 0 saturated heterocycles. The van der Waals surface area contributed by atoms with Crippen molar-refractivity contribution >= 4 is 11.6 Å². The zero-order valence-electron chi connectivity index (χ0n) is 12.0. The van der Waals surface area contributed by atoms with Crippen molar-refractivity contribution < 1.29 is 0 Å². The van der Waals surface area contributed by atoms with Crippen molar-refractivity contribution in [2.45, 2.75) is 45.4 Å². The van der Waals surface area contributed by atoms with Gasteiger partial charge < -0.3 is 0 Å². The van der Waals surface area contributed by atoms with Gasteiger partial charge in [0, 0.05) is 17.2 Å². The molecule has 0 N–H and O–H groups in total. The molecule has 1 saturated carbocycles. The maximum Gasteiger partial charge on any atom is 0.161 e. The van der Waals surface area contributed by atoms with Crippen molar-refractivity contribution in [3.8, 4) is 11.4 Å². The lowest BCUT2D eigenvalue weighted by atomic mass is 10.0. The summed E-state index contributed by atoms with van der Waals surface area (Å²) < 4.78 is 0. The topological polar surface area (TPSA) is 25.8 Å². The van der Waals surface area contributed by atoms with E-state index in [-0.39, 0.29) is 0 Å². The smallest absolute Gasteiger partial charge is 0.161 e. The number of hydrogen-bond acceptors (Lipinski definition) is 2. The number of halogens is 1. The predicted octanol–water partition coefficient (Wildman–Crippen LogP) is 5.07. The van der Waals surface area contributed by atoms with Crippen LogP contribution >= 0.6 is 11.6 Å². The minimum atomic E-state index is 0.554. The van der Waals surface area contributed by atoms with Crippen LogP contribution in [0.2, 0.25) is 5.15 Å². The molecule has 2 nitrogen and oxygen atoms in total. The molecule has 0 bridgehead atoms. The molecule has 0 amide bonds. The van der Waals surface area contributed by atoms with Gasteiger partial charge in [-0.3, -0.25) is 0 Å². The van der Waals surface area contributed by atoms with Crippen LogP contribution < -0.4 is 0 Å². The molecule has 1 aromatic carbocycles. The summed E-state index contributed by atoms with van der Waals surface area (Å²) in [6.45, 7) is 4.20. The summed E-state index contributed by atoms with van der Waals surface area (Å²) >= 11 is 6.23. The number of rotatable bonds is 2. The minimum absolute atomic E-state index is 0.554. The van der Waals surface area contributed by atoms with Gasteiger partial charge in [0.15, 0.2) is 5.82 Å². The highest BCUT2D eigenvalue weighted by Crippen LogP contribution is 2.35. The van der Waals surface area contributed by atoms with Crippen molar-refractivity contribution in [3.63, 3.8) is 0 Å². The van der Waals surface area contributed by atoms with Crippen molar-refractivity contribution in [1.29, 1.82) is 0 Å². The molecule has 20 heavy (non-hydrogen) atoms. The second-order valence-electron chi connectivity index (χ2n) is 5.69. The molecule has 2 aromatic rings. The summed E-state index contributed by atoms with van der Waals surface area (Å²) in [6.07, 6.45) is 5.04. The van der Waals surface area contributed by atoms with Crippen LogP contribution in [0.1, 0.15) is 48.4 Å². The molecule has 0 atom stereocenters. The Kier molecular flexibility index (Phi) is 3.75. The maximum atomic E-state index is 6.23. The van der Waals surface area contributed by atoms with Gasteiger partial charge in [-0.2, -0.15) is 0 Å². The monoisotopic (exact) mass is 286 g/mol. The summed E-state index contributed by atoms with van der Waals surface area (Å²) in [7, 11) is 0. The average Bonchev–Trinajstić information content (AvgIpc) is 2.91. The Balaban J connectivity index is 2.09. The molecular formula is C17H19ClN2. The van der Waals surface area contributed by atoms with Crippen molar-refractivity contribution in [1.82, 2.24) is 9.97 Å². The first-order valence-electron chi connectivity index (χ1n) is 7.26. The number of nitrogens with zero attached hydrogens (tertiary/aromatic N) is 2. The van der Waals surface area contributed by atoms with Gasteiger partial charge in [-0.05, 0) is 43.9 Å². The third kappa shape index (κ3) is 2.57. The average molecular weight is 287 g/mol. The first-order chi connectivity index (χ1) is 9.65. The van der Waals surface area contributed by atoms with Crippen molar-refractivity contribution in [2.24, 2.45) is 0 Å². The zero-order valence-corrected chi connectivity index (χ0v) is 12.7.